The highest BCUT2D eigenvalue weighted by Gasteiger charge is 2.33. The Morgan fingerprint density at radius 3 is 2.76 bits per heavy atom. The van der Waals surface area contributed by atoms with Crippen LogP contribution in [0.15, 0.2) is 30.3 Å². The summed E-state index contributed by atoms with van der Waals surface area (Å²) >= 11 is 0. The first kappa shape index (κ1) is 17.6. The number of aryl methyl sites for hydroxylation is 1. The van der Waals surface area contributed by atoms with E-state index in [-0.39, 0.29) is 23.4 Å². The van der Waals surface area contributed by atoms with Gasteiger partial charge in [-0.15, -0.1) is 0 Å². The van der Waals surface area contributed by atoms with Crippen molar-refractivity contribution in [1.82, 2.24) is 9.97 Å². The monoisotopic (exact) mass is 364 g/mol. The van der Waals surface area contributed by atoms with Crippen molar-refractivity contribution in [3.05, 3.63) is 41.8 Å². The minimum absolute atomic E-state index is 0.112. The summed E-state index contributed by atoms with van der Waals surface area (Å²) < 4.78 is 36.9. The smallest absolute Gasteiger partial charge is 0.227 e. The molecule has 1 fully saturated rings. The average molecular weight is 364 g/mol. The number of anilines is 3. The molecule has 1 unspecified atom stereocenters. The predicted molar refractivity (Wildman–Crippen MR) is 96.5 cm³/mol. The zero-order chi connectivity index (χ0) is 18.0. The van der Waals surface area contributed by atoms with E-state index in [9.17, 15) is 12.8 Å². The van der Waals surface area contributed by atoms with Gasteiger partial charge in [-0.25, -0.2) is 17.8 Å². The van der Waals surface area contributed by atoms with Gasteiger partial charge in [0.25, 0.3) is 0 Å². The lowest BCUT2D eigenvalue weighted by Gasteiger charge is -2.27. The quantitative estimate of drug-likeness (QED) is 0.879. The second-order valence-corrected chi connectivity index (χ2v) is 8.40. The molecule has 3 rings (SSSR count). The van der Waals surface area contributed by atoms with Gasteiger partial charge in [0.15, 0.2) is 9.84 Å². The zero-order valence-electron chi connectivity index (χ0n) is 14.2. The van der Waals surface area contributed by atoms with E-state index in [4.69, 9.17) is 0 Å². The number of aromatic nitrogens is 2. The second-order valence-electron chi connectivity index (χ2n) is 6.17. The lowest BCUT2D eigenvalue weighted by molar-refractivity contribution is 0.599. The van der Waals surface area contributed by atoms with Crippen LogP contribution < -0.4 is 10.2 Å². The highest BCUT2D eigenvalue weighted by molar-refractivity contribution is 7.91. The van der Waals surface area contributed by atoms with Crippen molar-refractivity contribution in [3.63, 3.8) is 0 Å². The number of hydrogen-bond donors (Lipinski definition) is 1. The lowest BCUT2D eigenvalue weighted by Crippen LogP contribution is -2.37. The predicted octanol–water partition coefficient (Wildman–Crippen LogP) is 2.68. The van der Waals surface area contributed by atoms with Gasteiger partial charge in [-0.05, 0) is 38.5 Å². The van der Waals surface area contributed by atoms with Crippen LogP contribution in [0.5, 0.6) is 0 Å². The molecule has 8 heteroatoms. The maximum Gasteiger partial charge on any atom is 0.227 e. The molecule has 2 heterocycles. The van der Waals surface area contributed by atoms with E-state index in [1.54, 1.807) is 18.2 Å². The van der Waals surface area contributed by atoms with Crippen molar-refractivity contribution in [3.8, 4) is 0 Å². The van der Waals surface area contributed by atoms with Gasteiger partial charge in [-0.3, -0.25) is 0 Å². The van der Waals surface area contributed by atoms with Crippen molar-refractivity contribution >= 4 is 27.3 Å². The highest BCUT2D eigenvalue weighted by Crippen LogP contribution is 2.24. The number of hydrogen-bond acceptors (Lipinski definition) is 6. The third-order valence-electron chi connectivity index (χ3n) is 4.19. The molecule has 1 aliphatic heterocycles. The Labute approximate surface area is 147 Å². The molecule has 1 N–H and O–H groups in total. The first-order valence-corrected chi connectivity index (χ1v) is 10.0. The highest BCUT2D eigenvalue weighted by atomic mass is 32.2. The van der Waals surface area contributed by atoms with E-state index >= 15 is 0 Å². The Morgan fingerprint density at radius 1 is 1.32 bits per heavy atom. The topological polar surface area (TPSA) is 75.2 Å². The molecular formula is C17H21FN4O2S. The molecule has 1 atom stereocenters. The van der Waals surface area contributed by atoms with Gasteiger partial charge in [0.05, 0.1) is 11.5 Å². The van der Waals surface area contributed by atoms with E-state index < -0.39 is 9.84 Å². The molecule has 0 spiro atoms. The second kappa shape index (κ2) is 6.95. The van der Waals surface area contributed by atoms with E-state index in [0.29, 0.717) is 30.4 Å². The zero-order valence-corrected chi connectivity index (χ0v) is 15.1. The van der Waals surface area contributed by atoms with Crippen molar-refractivity contribution in [2.75, 3.05) is 28.3 Å². The van der Waals surface area contributed by atoms with Crippen molar-refractivity contribution in [2.45, 2.75) is 26.3 Å². The molecule has 1 aromatic carbocycles. The van der Waals surface area contributed by atoms with Gasteiger partial charge in [0.1, 0.15) is 11.6 Å². The number of rotatable bonds is 5. The molecule has 25 heavy (non-hydrogen) atoms. The molecule has 0 bridgehead atoms. The minimum Gasteiger partial charge on any atom is -0.340 e. The van der Waals surface area contributed by atoms with Gasteiger partial charge < -0.3 is 10.2 Å². The van der Waals surface area contributed by atoms with Crippen molar-refractivity contribution in [1.29, 1.82) is 0 Å². The van der Waals surface area contributed by atoms with Crippen LogP contribution in [0.1, 0.15) is 19.0 Å². The molecular weight excluding hydrogens is 343 g/mol. The van der Waals surface area contributed by atoms with Crippen LogP contribution in [0, 0.1) is 12.7 Å². The normalized spacial score (nSPS) is 18.9. The molecule has 2 aromatic rings. The summed E-state index contributed by atoms with van der Waals surface area (Å²) in [4.78, 5) is 10.9. The molecule has 0 aliphatic carbocycles. The van der Waals surface area contributed by atoms with Gasteiger partial charge >= 0.3 is 0 Å². The number of nitrogens with one attached hydrogen (secondary N) is 1. The van der Waals surface area contributed by atoms with Crippen LogP contribution in [0.3, 0.4) is 0 Å². The third-order valence-corrected chi connectivity index (χ3v) is 5.94. The van der Waals surface area contributed by atoms with Gasteiger partial charge in [-0.1, -0.05) is 6.07 Å². The number of sulfone groups is 1. The Bertz CT molecular complexity index is 873. The summed E-state index contributed by atoms with van der Waals surface area (Å²) in [6.45, 7) is 4.42. The average Bonchev–Trinajstić information content (AvgIpc) is 2.87. The van der Waals surface area contributed by atoms with Crippen molar-refractivity contribution < 1.29 is 12.8 Å². The molecule has 1 aromatic heterocycles. The molecule has 134 valence electrons. The first-order valence-electron chi connectivity index (χ1n) is 8.21. The fourth-order valence-corrected chi connectivity index (χ4v) is 4.77. The largest absolute Gasteiger partial charge is 0.340 e. The molecule has 6 nitrogen and oxygen atoms in total. The summed E-state index contributed by atoms with van der Waals surface area (Å²) in [7, 11) is -2.99. The first-order chi connectivity index (χ1) is 11.9. The number of nitrogens with zero attached hydrogens (tertiary/aromatic N) is 3. The Morgan fingerprint density at radius 2 is 2.12 bits per heavy atom. The minimum atomic E-state index is -2.99. The van der Waals surface area contributed by atoms with Crippen LogP contribution in [0.2, 0.25) is 0 Å². The molecule has 0 amide bonds. The maximum absolute atomic E-state index is 13.4. The van der Waals surface area contributed by atoms with Gasteiger partial charge in [0, 0.05) is 30.0 Å². The van der Waals surface area contributed by atoms with Crippen LogP contribution in [-0.2, 0) is 9.84 Å². The fourth-order valence-electron chi connectivity index (χ4n) is 3.04. The number of benzene rings is 1. The standard InChI is InChI=1S/C17H21FN4O2S/c1-3-22(15-7-8-25(23,24)11-15)17-19-12(2)9-16(21-17)20-14-6-4-5-13(18)10-14/h4-6,9-10,15H,3,7-8,11H2,1-2H3,(H,19,20,21). The Hall–Kier alpha value is -2.22. The lowest BCUT2D eigenvalue weighted by atomic mass is 10.2. The van der Waals surface area contributed by atoms with Crippen LogP contribution >= 0.6 is 0 Å². The van der Waals surface area contributed by atoms with E-state index in [2.05, 4.69) is 15.3 Å². The fraction of sp³-hybridized carbons (Fsp3) is 0.412. The van der Waals surface area contributed by atoms with Gasteiger partial charge in [0.2, 0.25) is 5.95 Å². The molecule has 0 radical (unpaired) electrons. The summed E-state index contributed by atoms with van der Waals surface area (Å²) in [6, 6.07) is 7.79. The van der Waals surface area contributed by atoms with E-state index in [1.807, 2.05) is 18.7 Å². The Balaban J connectivity index is 1.87. The van der Waals surface area contributed by atoms with Crippen LogP contribution in [0.25, 0.3) is 0 Å². The van der Waals surface area contributed by atoms with Crippen LogP contribution in [0.4, 0.5) is 21.8 Å². The molecule has 1 aliphatic rings. The third kappa shape index (κ3) is 4.25. The maximum atomic E-state index is 13.4. The van der Waals surface area contributed by atoms with E-state index in [0.717, 1.165) is 5.69 Å². The summed E-state index contributed by atoms with van der Waals surface area (Å²) in [5.74, 6) is 1.04. The number of halogens is 1. The molecule has 1 saturated heterocycles. The van der Waals surface area contributed by atoms with Crippen molar-refractivity contribution in [2.24, 2.45) is 0 Å². The summed E-state index contributed by atoms with van der Waals surface area (Å²) in [5.41, 5.74) is 1.35. The summed E-state index contributed by atoms with van der Waals surface area (Å²) in [5, 5.41) is 3.08. The van der Waals surface area contributed by atoms with Gasteiger partial charge in [-0.2, -0.15) is 4.98 Å². The SMILES string of the molecule is CCN(c1nc(C)cc(Nc2cccc(F)c2)n1)C1CCS(=O)(=O)C1. The molecule has 0 saturated carbocycles. The summed E-state index contributed by atoms with van der Waals surface area (Å²) in [6.07, 6.45) is 0.583. The Kier molecular flexibility index (Phi) is 4.89. The van der Waals surface area contributed by atoms with Crippen LogP contribution in [-0.4, -0.2) is 42.5 Å². The van der Waals surface area contributed by atoms with E-state index in [1.165, 1.54) is 12.1 Å².